The van der Waals surface area contributed by atoms with Gasteiger partial charge in [-0.2, -0.15) is 0 Å². The van der Waals surface area contributed by atoms with Crippen LogP contribution in [0.5, 0.6) is 0 Å². The Morgan fingerprint density at radius 1 is 0.222 bits per heavy atom. The van der Waals surface area contributed by atoms with Crippen molar-refractivity contribution in [2.45, 2.75) is 58.9 Å². The van der Waals surface area contributed by atoms with E-state index in [2.05, 4.69) is 59.2 Å². The van der Waals surface area contributed by atoms with E-state index < -0.39 is 77.0 Å². The van der Waals surface area contributed by atoms with Crippen molar-refractivity contribution in [2.24, 2.45) is 0 Å². The Balaban J connectivity index is 0.000000461. The van der Waals surface area contributed by atoms with Crippen molar-refractivity contribution in [3.8, 4) is 0 Å². The highest BCUT2D eigenvalue weighted by Gasteiger charge is 2.55. The second-order valence-corrected chi connectivity index (χ2v) is 41.2. The molecule has 2 aliphatic rings. The highest BCUT2D eigenvalue weighted by molar-refractivity contribution is 6.99. The van der Waals surface area contributed by atoms with Crippen molar-refractivity contribution in [2.75, 3.05) is 0 Å². The van der Waals surface area contributed by atoms with Crippen LogP contribution < -0.4 is 0 Å². The molecular formula is C27H54O9Si9. The first-order chi connectivity index (χ1) is 20.4. The Hall–Kier alpha value is -0.748. The van der Waals surface area contributed by atoms with E-state index >= 15 is 0 Å². The zero-order valence-electron chi connectivity index (χ0n) is 28.7. The third kappa shape index (κ3) is 11.4. The second kappa shape index (κ2) is 15.2. The summed E-state index contributed by atoms with van der Waals surface area (Å²) < 4.78 is 57.0. The lowest BCUT2D eigenvalue weighted by Gasteiger charge is -2.46. The minimum absolute atomic E-state index is 1.74. The van der Waals surface area contributed by atoms with E-state index in [1.807, 2.05) is 58.9 Å². The molecule has 0 spiro atoms. The molecule has 2 fully saturated rings. The molecule has 0 N–H and O–H groups in total. The second-order valence-electron chi connectivity index (χ2n) is 11.9. The van der Waals surface area contributed by atoms with Gasteiger partial charge in [0.15, 0.2) is 0 Å². The minimum atomic E-state index is -2.80. The largest absolute Gasteiger partial charge is 0.410 e. The van der Waals surface area contributed by atoms with Crippen molar-refractivity contribution in [3.63, 3.8) is 0 Å². The predicted octanol–water partition coefficient (Wildman–Crippen LogP) is 7.32. The first kappa shape index (κ1) is 42.3. The fraction of sp³-hybridized carbons (Fsp3) is 0.333. The zero-order chi connectivity index (χ0) is 35.2. The molecule has 0 aliphatic carbocycles. The van der Waals surface area contributed by atoms with Crippen LogP contribution >= 0.6 is 0 Å². The average molecular weight is 775 g/mol. The van der Waals surface area contributed by atoms with Gasteiger partial charge < -0.3 is 37.0 Å². The van der Waals surface area contributed by atoms with Gasteiger partial charge in [-0.25, -0.2) is 0 Å². The first-order valence-corrected chi connectivity index (χ1v) is 36.0. The summed E-state index contributed by atoms with van der Waals surface area (Å²) in [7, 11) is -24.4. The Kier molecular flexibility index (Phi) is 14.3. The van der Waals surface area contributed by atoms with Crippen molar-refractivity contribution < 1.29 is 37.0 Å². The van der Waals surface area contributed by atoms with E-state index in [1.54, 1.807) is 51.3 Å². The summed E-state index contributed by atoms with van der Waals surface area (Å²) >= 11 is 0. The molecule has 0 atom stereocenters. The summed E-state index contributed by atoms with van der Waals surface area (Å²) in [4.78, 5) is 0. The molecule has 18 heteroatoms. The molecule has 0 radical (unpaired) electrons. The summed E-state index contributed by atoms with van der Waals surface area (Å²) in [6, 6.07) is 0. The van der Waals surface area contributed by atoms with Crippen LogP contribution in [-0.2, 0) is 37.0 Å². The summed E-state index contributed by atoms with van der Waals surface area (Å²) in [6.45, 7) is 52.4. The van der Waals surface area contributed by atoms with Gasteiger partial charge in [0.1, 0.15) is 0 Å². The lowest BCUT2D eigenvalue weighted by Crippen LogP contribution is -2.65. The SMILES string of the molecule is C=C[Si]1(C)O[Si](C)(C=C)O[Si](C)(C=C)O[Si](C)(C=C)O1.C=C[Si]1(C)O[Si](C)(C=C)O[Si](C)(C=C)O[Si](C)(C=C)O[Si](C)(C=C)O1. The molecular weight excluding hydrogens is 721 g/mol. The Morgan fingerprint density at radius 3 is 0.333 bits per heavy atom. The predicted molar refractivity (Wildman–Crippen MR) is 206 cm³/mol. The lowest BCUT2D eigenvalue weighted by molar-refractivity contribution is 0.248. The van der Waals surface area contributed by atoms with Crippen LogP contribution in [0.25, 0.3) is 0 Å². The van der Waals surface area contributed by atoms with Crippen molar-refractivity contribution in [1.29, 1.82) is 0 Å². The summed E-state index contributed by atoms with van der Waals surface area (Å²) in [5.74, 6) is 0. The molecule has 0 bridgehead atoms. The maximum Gasteiger partial charge on any atom is 0.344 e. The van der Waals surface area contributed by atoms with Gasteiger partial charge in [-0.1, -0.05) is 51.3 Å². The van der Waals surface area contributed by atoms with E-state index in [0.29, 0.717) is 0 Å². The molecule has 9 nitrogen and oxygen atoms in total. The quantitative estimate of drug-likeness (QED) is 0.224. The average Bonchev–Trinajstić information content (AvgIpc) is 2.95. The fourth-order valence-corrected chi connectivity index (χ4v) is 44.4. The van der Waals surface area contributed by atoms with Crippen LogP contribution in [-0.4, -0.2) is 77.0 Å². The molecule has 45 heavy (non-hydrogen) atoms. The van der Waals surface area contributed by atoms with E-state index in [9.17, 15) is 0 Å². The highest BCUT2D eigenvalue weighted by Crippen LogP contribution is 2.34. The topological polar surface area (TPSA) is 83.1 Å². The number of rotatable bonds is 9. The van der Waals surface area contributed by atoms with Crippen molar-refractivity contribution in [3.05, 3.63) is 111 Å². The zero-order valence-corrected chi connectivity index (χ0v) is 37.7. The molecule has 2 aliphatic heterocycles. The monoisotopic (exact) mass is 774 g/mol. The lowest BCUT2D eigenvalue weighted by atomic mass is 11.3. The molecule has 2 rings (SSSR count). The van der Waals surface area contributed by atoms with Crippen molar-refractivity contribution in [1.82, 2.24) is 0 Å². The Morgan fingerprint density at radius 2 is 0.289 bits per heavy atom. The van der Waals surface area contributed by atoms with Gasteiger partial charge >= 0.3 is 77.0 Å². The maximum atomic E-state index is 6.40. The minimum Gasteiger partial charge on any atom is -0.410 e. The van der Waals surface area contributed by atoms with E-state index in [4.69, 9.17) is 37.0 Å². The highest BCUT2D eigenvalue weighted by atomic mass is 28.5. The van der Waals surface area contributed by atoms with Crippen LogP contribution in [0.3, 0.4) is 0 Å². The molecule has 252 valence electrons. The molecule has 0 aromatic carbocycles. The molecule has 0 unspecified atom stereocenters. The molecule has 0 aromatic heterocycles. The van der Waals surface area contributed by atoms with Crippen LogP contribution in [0.2, 0.25) is 58.9 Å². The number of hydrogen-bond acceptors (Lipinski definition) is 9. The van der Waals surface area contributed by atoms with Gasteiger partial charge in [-0.3, -0.25) is 0 Å². The standard InChI is InChI=1S/C15H30O5Si5.C12H24O4Si4/c1-11-21(6)16-22(7,12-2)18-24(9,14-4)20-25(10,15-5)19-23(8,13-3)17-21;1-9-17(5)13-18(6,10-2)15-20(8,12-4)16-19(7,11-3)14-17/h11-15H,1-5H2,6-10H3;9-12H,1-4H2,5-8H3. The smallest absolute Gasteiger partial charge is 0.344 e. The molecule has 0 amide bonds. The third-order valence-electron chi connectivity index (χ3n) is 6.98. The van der Waals surface area contributed by atoms with Crippen LogP contribution in [0.15, 0.2) is 111 Å². The third-order valence-corrected chi connectivity index (χ3v) is 42.8. The summed E-state index contributed by atoms with van der Waals surface area (Å²) in [5, 5.41) is 0. The Labute approximate surface area is 282 Å². The van der Waals surface area contributed by atoms with E-state index in [0.717, 1.165) is 0 Å². The van der Waals surface area contributed by atoms with Crippen LogP contribution in [0, 0.1) is 0 Å². The van der Waals surface area contributed by atoms with Gasteiger partial charge in [0, 0.05) is 0 Å². The van der Waals surface area contributed by atoms with Crippen LogP contribution in [0.4, 0.5) is 0 Å². The van der Waals surface area contributed by atoms with E-state index in [-0.39, 0.29) is 0 Å². The molecule has 2 saturated heterocycles. The van der Waals surface area contributed by atoms with E-state index in [1.165, 1.54) is 0 Å². The first-order valence-electron chi connectivity index (χ1n) is 14.4. The van der Waals surface area contributed by atoms with Gasteiger partial charge in [0.25, 0.3) is 0 Å². The van der Waals surface area contributed by atoms with Gasteiger partial charge in [-0.15, -0.1) is 59.2 Å². The van der Waals surface area contributed by atoms with Gasteiger partial charge in [0.05, 0.1) is 0 Å². The maximum absolute atomic E-state index is 6.40. The summed E-state index contributed by atoms with van der Waals surface area (Å²) in [6.07, 6.45) is 0. The number of hydrogen-bond donors (Lipinski definition) is 0. The van der Waals surface area contributed by atoms with Gasteiger partial charge in [0.2, 0.25) is 0 Å². The molecule has 0 saturated carbocycles. The molecule has 0 aromatic rings. The fourth-order valence-electron chi connectivity index (χ4n) is 4.56. The van der Waals surface area contributed by atoms with Gasteiger partial charge in [-0.05, 0) is 58.9 Å². The molecule has 2 heterocycles. The Bertz CT molecular complexity index is 980. The normalized spacial score (nSPS) is 45.8. The summed E-state index contributed by atoms with van der Waals surface area (Å²) in [5.41, 5.74) is 15.7. The van der Waals surface area contributed by atoms with Crippen LogP contribution in [0.1, 0.15) is 0 Å². The van der Waals surface area contributed by atoms with Crippen molar-refractivity contribution >= 4 is 77.0 Å².